The molecular weight excluding hydrogens is 520 g/mol. The quantitative estimate of drug-likeness (QED) is 0.241. The summed E-state index contributed by atoms with van der Waals surface area (Å²) in [6, 6.07) is 8.46. The number of allylic oxidation sites excluding steroid dienone is 8. The van der Waals surface area contributed by atoms with Crippen molar-refractivity contribution < 1.29 is 30.5 Å². The predicted octanol–water partition coefficient (Wildman–Crippen LogP) is 7.79. The molecule has 1 aromatic rings. The molecular formula is C25H28FHg. The molecule has 0 heterocycles. The summed E-state index contributed by atoms with van der Waals surface area (Å²) in [5, 5.41) is 0. The minimum absolute atomic E-state index is 0.270. The van der Waals surface area contributed by atoms with Crippen molar-refractivity contribution in [2.24, 2.45) is 0 Å². The fraction of sp³-hybridized carbons (Fsp3) is 0.280. The van der Waals surface area contributed by atoms with E-state index in [0.29, 0.717) is 17.1 Å². The van der Waals surface area contributed by atoms with Gasteiger partial charge in [0, 0.05) is 0 Å². The summed E-state index contributed by atoms with van der Waals surface area (Å²) in [6.07, 6.45) is 10.4. The van der Waals surface area contributed by atoms with Crippen LogP contribution in [0.1, 0.15) is 49.7 Å². The fourth-order valence-corrected chi connectivity index (χ4v) is 5.12. The second kappa shape index (κ2) is 10.2. The molecule has 137 valence electrons. The van der Waals surface area contributed by atoms with Gasteiger partial charge in [-0.1, -0.05) is 37.5 Å². The average molecular weight is 548 g/mol. The average Bonchev–Trinajstić information content (AvgIpc) is 2.66. The van der Waals surface area contributed by atoms with Gasteiger partial charge in [0.15, 0.2) is 0 Å². The third-order valence-corrected chi connectivity index (χ3v) is 8.32. The molecule has 0 aromatic heterocycles. The Bertz CT molecular complexity index is 784. The maximum atomic E-state index is 14.5. The fourth-order valence-electron chi connectivity index (χ4n) is 3.29. The van der Waals surface area contributed by atoms with Gasteiger partial charge in [-0.3, -0.25) is 0 Å². The van der Waals surface area contributed by atoms with Gasteiger partial charge in [-0.2, -0.15) is 0 Å². The Morgan fingerprint density at radius 1 is 1.00 bits per heavy atom. The molecule has 0 nitrogen and oxygen atoms in total. The second-order valence-corrected chi connectivity index (χ2v) is 12.0. The van der Waals surface area contributed by atoms with Crippen molar-refractivity contribution in [1.29, 1.82) is 0 Å². The van der Waals surface area contributed by atoms with Crippen LogP contribution in [0.3, 0.4) is 0 Å². The van der Waals surface area contributed by atoms with Gasteiger partial charge < -0.3 is 0 Å². The summed E-state index contributed by atoms with van der Waals surface area (Å²) in [5.74, 6) is 0.273. The zero-order chi connectivity index (χ0) is 20.0. The van der Waals surface area contributed by atoms with E-state index in [1.807, 2.05) is 6.92 Å². The van der Waals surface area contributed by atoms with Crippen molar-refractivity contribution in [2.45, 2.75) is 42.0 Å². The molecule has 1 aliphatic rings. The number of hydrogen-bond acceptors (Lipinski definition) is 0. The molecule has 0 spiro atoms. The molecule has 0 atom stereocenters. The Hall–Kier alpha value is -1.47. The van der Waals surface area contributed by atoms with Crippen molar-refractivity contribution in [1.82, 2.24) is 0 Å². The van der Waals surface area contributed by atoms with Crippen LogP contribution in [-0.2, 0) is 26.1 Å². The van der Waals surface area contributed by atoms with E-state index in [2.05, 4.69) is 50.6 Å². The molecule has 0 aliphatic heterocycles. The molecule has 0 saturated heterocycles. The topological polar surface area (TPSA) is 0 Å². The van der Waals surface area contributed by atoms with Crippen LogP contribution in [0.4, 0.5) is 4.39 Å². The first-order valence-electron chi connectivity index (χ1n) is 9.49. The normalized spacial score (nSPS) is 20.5. The molecule has 2 rings (SSSR count). The number of hydrogen-bond donors (Lipinski definition) is 0. The van der Waals surface area contributed by atoms with Gasteiger partial charge in [-0.05, 0) is 12.5 Å². The van der Waals surface area contributed by atoms with Gasteiger partial charge in [0.2, 0.25) is 0 Å². The van der Waals surface area contributed by atoms with Crippen LogP contribution in [0.15, 0.2) is 91.4 Å². The molecule has 1 aromatic carbocycles. The van der Waals surface area contributed by atoms with E-state index in [1.165, 1.54) is 37.3 Å². The van der Waals surface area contributed by atoms with Gasteiger partial charge in [-0.15, -0.1) is 0 Å². The van der Waals surface area contributed by atoms with E-state index < -0.39 is 5.83 Å². The molecule has 0 amide bonds. The van der Waals surface area contributed by atoms with Crippen molar-refractivity contribution in [2.75, 3.05) is 0 Å². The van der Waals surface area contributed by atoms with E-state index in [0.717, 1.165) is 40.7 Å². The molecule has 2 heteroatoms. The number of halogens is 1. The summed E-state index contributed by atoms with van der Waals surface area (Å²) < 4.78 is 15.5. The van der Waals surface area contributed by atoms with E-state index in [-0.39, 0.29) is 5.57 Å². The van der Waals surface area contributed by atoms with Crippen molar-refractivity contribution >= 4 is 5.57 Å². The van der Waals surface area contributed by atoms with Gasteiger partial charge >= 0.3 is 131 Å². The Kier molecular flexibility index (Phi) is 8.22. The monoisotopic (exact) mass is 549 g/mol. The zero-order valence-corrected chi connectivity index (χ0v) is 21.9. The number of rotatable bonds is 7. The minimum atomic E-state index is -0.410. The van der Waals surface area contributed by atoms with E-state index in [4.69, 9.17) is 0 Å². The van der Waals surface area contributed by atoms with Crippen molar-refractivity contribution in [3.05, 3.63) is 102 Å². The van der Waals surface area contributed by atoms with Crippen LogP contribution in [0.5, 0.6) is 0 Å². The van der Waals surface area contributed by atoms with Crippen LogP contribution in [0.2, 0.25) is 3.43 Å². The summed E-state index contributed by atoms with van der Waals surface area (Å²) >= 11 is 0.913. The molecule has 0 radical (unpaired) electrons. The van der Waals surface area contributed by atoms with Crippen LogP contribution in [-0.4, -0.2) is 0 Å². The molecule has 0 bridgehead atoms. The molecule has 0 unspecified atom stereocenters. The van der Waals surface area contributed by atoms with Crippen LogP contribution in [0.25, 0.3) is 5.57 Å². The van der Waals surface area contributed by atoms with E-state index in [9.17, 15) is 4.39 Å². The van der Waals surface area contributed by atoms with Crippen molar-refractivity contribution in [3.8, 4) is 0 Å². The summed E-state index contributed by atoms with van der Waals surface area (Å²) in [4.78, 5) is 0. The van der Waals surface area contributed by atoms with Crippen molar-refractivity contribution in [3.63, 3.8) is 0 Å². The standard InChI is InChI=1S/C25H28F.Hg/c1-18(2)11-12-19(3)21(5)25(26)17-20(4)22-13-15-24(16-14-22)23-9-7-6-8-10-23;/h6,11-17,23H,1,3-5,7-10H2,2H3;/b12-11-,25-17+;. The van der Waals surface area contributed by atoms with E-state index >= 15 is 0 Å². The summed E-state index contributed by atoms with van der Waals surface area (Å²) in [5.41, 5.74) is 4.66. The van der Waals surface area contributed by atoms with Gasteiger partial charge in [0.05, 0.1) is 0 Å². The Labute approximate surface area is 179 Å². The third-order valence-electron chi connectivity index (χ3n) is 5.15. The Morgan fingerprint density at radius 2 is 1.59 bits per heavy atom. The van der Waals surface area contributed by atoms with Crippen LogP contribution < -0.4 is 0 Å². The number of benzene rings is 1. The Balaban J connectivity index is 2.04. The first-order chi connectivity index (χ1) is 12.8. The molecule has 1 aliphatic carbocycles. The van der Waals surface area contributed by atoms with Gasteiger partial charge in [0.1, 0.15) is 0 Å². The first-order valence-corrected chi connectivity index (χ1v) is 12.7. The molecule has 27 heavy (non-hydrogen) atoms. The second-order valence-electron chi connectivity index (χ2n) is 7.54. The predicted molar refractivity (Wildman–Crippen MR) is 112 cm³/mol. The van der Waals surface area contributed by atoms with Crippen LogP contribution in [0, 0.1) is 0 Å². The van der Waals surface area contributed by atoms with Crippen LogP contribution >= 0.6 is 0 Å². The maximum absolute atomic E-state index is 14.5. The first kappa shape index (κ1) is 21.8. The molecule has 1 saturated carbocycles. The third kappa shape index (κ3) is 6.57. The summed E-state index contributed by atoms with van der Waals surface area (Å²) in [6.45, 7) is 17.3. The Morgan fingerprint density at radius 3 is 2.15 bits per heavy atom. The molecule has 0 N–H and O–H groups in total. The molecule has 1 fully saturated rings. The SMILES string of the molecule is C=C(C)/C=C\C(=C)C(=C)/C(F)=C\C(=C)c1ccc(C2CC[CH]([Hg])CC2)cc1. The summed E-state index contributed by atoms with van der Waals surface area (Å²) in [7, 11) is 0. The van der Waals surface area contributed by atoms with Gasteiger partial charge in [-0.25, -0.2) is 0 Å². The van der Waals surface area contributed by atoms with Gasteiger partial charge in [0.25, 0.3) is 0 Å². The zero-order valence-electron chi connectivity index (χ0n) is 16.4. The van der Waals surface area contributed by atoms with E-state index in [1.54, 1.807) is 12.2 Å².